The Kier molecular flexibility index (Phi) is 7.73. The van der Waals surface area contributed by atoms with Gasteiger partial charge in [-0.2, -0.15) is 0 Å². The van der Waals surface area contributed by atoms with E-state index in [1.165, 1.54) is 30.3 Å². The Morgan fingerprint density at radius 1 is 1.35 bits per heavy atom. The molecule has 0 saturated heterocycles. The fraction of sp³-hybridized carbons (Fsp3) is 0.733. The molecule has 4 nitrogen and oxygen atoms in total. The molecule has 0 radical (unpaired) electrons. The van der Waals surface area contributed by atoms with E-state index in [0.29, 0.717) is 6.04 Å². The number of hydrogen-bond donors (Lipinski definition) is 1. The summed E-state index contributed by atoms with van der Waals surface area (Å²) in [5.74, 6) is -0.713. The van der Waals surface area contributed by atoms with Crippen LogP contribution in [-0.2, 0) is 11.2 Å². The van der Waals surface area contributed by atoms with Crippen molar-refractivity contribution in [1.82, 2.24) is 9.55 Å². The predicted molar refractivity (Wildman–Crippen MR) is 83.4 cm³/mol. The Morgan fingerprint density at radius 2 is 2.10 bits per heavy atom. The summed E-state index contributed by atoms with van der Waals surface area (Å²) < 4.78 is 2.28. The third-order valence-electron chi connectivity index (χ3n) is 3.40. The smallest absolute Gasteiger partial charge is 0.313 e. The molecule has 1 aromatic heterocycles. The maximum Gasteiger partial charge on any atom is 0.313 e. The molecule has 1 N–H and O–H groups in total. The zero-order valence-corrected chi connectivity index (χ0v) is 13.6. The molecule has 0 saturated carbocycles. The highest BCUT2D eigenvalue weighted by Gasteiger charge is 2.18. The first-order valence-corrected chi connectivity index (χ1v) is 8.53. The lowest BCUT2D eigenvalue weighted by atomic mass is 10.0. The second-order valence-corrected chi connectivity index (χ2v) is 5.97. The normalized spacial score (nSPS) is 12.6. The van der Waals surface area contributed by atoms with Crippen molar-refractivity contribution >= 4 is 17.7 Å². The minimum absolute atomic E-state index is 0.0762. The Labute approximate surface area is 126 Å². The van der Waals surface area contributed by atoms with Crippen LogP contribution in [0.25, 0.3) is 0 Å². The van der Waals surface area contributed by atoms with Crippen LogP contribution in [0.4, 0.5) is 0 Å². The van der Waals surface area contributed by atoms with E-state index in [1.807, 2.05) is 6.20 Å². The molecule has 0 aliphatic rings. The Morgan fingerprint density at radius 3 is 2.65 bits per heavy atom. The van der Waals surface area contributed by atoms with E-state index in [9.17, 15) is 4.79 Å². The summed E-state index contributed by atoms with van der Waals surface area (Å²) in [5.41, 5.74) is 1.22. The van der Waals surface area contributed by atoms with Gasteiger partial charge in [0.1, 0.15) is 0 Å². The van der Waals surface area contributed by atoms with Crippen molar-refractivity contribution in [3.63, 3.8) is 0 Å². The summed E-state index contributed by atoms with van der Waals surface area (Å²) >= 11 is 1.33. The highest BCUT2D eigenvalue weighted by atomic mass is 32.2. The number of aliphatic carboxylic acids is 1. The predicted octanol–water partition coefficient (Wildman–Crippen LogP) is 4.15. The molecule has 0 aliphatic carbocycles. The van der Waals surface area contributed by atoms with E-state index in [4.69, 9.17) is 5.11 Å². The average molecular weight is 298 g/mol. The van der Waals surface area contributed by atoms with Gasteiger partial charge in [-0.1, -0.05) is 51.8 Å². The van der Waals surface area contributed by atoms with E-state index in [-0.39, 0.29) is 5.75 Å². The number of aromatic nitrogens is 2. The van der Waals surface area contributed by atoms with Crippen molar-refractivity contribution in [2.45, 2.75) is 70.5 Å². The van der Waals surface area contributed by atoms with Crippen molar-refractivity contribution in [1.29, 1.82) is 0 Å². The van der Waals surface area contributed by atoms with Gasteiger partial charge in [-0.05, 0) is 19.3 Å². The number of imidazole rings is 1. The van der Waals surface area contributed by atoms with Gasteiger partial charge in [-0.3, -0.25) is 4.79 Å². The van der Waals surface area contributed by atoms with Crippen LogP contribution < -0.4 is 0 Å². The number of thioether (sulfide) groups is 1. The summed E-state index contributed by atoms with van der Waals surface area (Å²) in [6.45, 7) is 6.53. The third kappa shape index (κ3) is 4.85. The Hall–Kier alpha value is -0.970. The number of carboxylic acid groups (broad SMARTS) is 1. The fourth-order valence-corrected chi connectivity index (χ4v) is 3.22. The molecule has 114 valence electrons. The zero-order valence-electron chi connectivity index (χ0n) is 12.8. The van der Waals surface area contributed by atoms with E-state index >= 15 is 0 Å². The van der Waals surface area contributed by atoms with Crippen LogP contribution in [0.5, 0.6) is 0 Å². The standard InChI is InChI=1S/C15H26N2O2S/c1-4-7-9-13(8-5-2)17-12(6-3)10-16-15(17)20-11-14(18)19/h10,13H,4-9,11H2,1-3H3,(H,18,19). The molecule has 1 aromatic rings. The quantitative estimate of drug-likeness (QED) is 0.659. The van der Waals surface area contributed by atoms with E-state index < -0.39 is 5.97 Å². The van der Waals surface area contributed by atoms with Gasteiger partial charge in [0.2, 0.25) is 0 Å². The zero-order chi connectivity index (χ0) is 15.0. The molecule has 1 atom stereocenters. The number of rotatable bonds is 10. The van der Waals surface area contributed by atoms with Crippen LogP contribution in [-0.4, -0.2) is 26.4 Å². The summed E-state index contributed by atoms with van der Waals surface area (Å²) in [4.78, 5) is 15.2. The van der Waals surface area contributed by atoms with Gasteiger partial charge in [0, 0.05) is 17.9 Å². The lowest BCUT2D eigenvalue weighted by molar-refractivity contribution is -0.133. The maximum absolute atomic E-state index is 10.8. The number of carboxylic acids is 1. The van der Waals surface area contributed by atoms with Crippen molar-refractivity contribution in [3.05, 3.63) is 11.9 Å². The van der Waals surface area contributed by atoms with Crippen LogP contribution >= 0.6 is 11.8 Å². The number of carbonyl (C=O) groups is 1. The molecule has 0 fully saturated rings. The first-order valence-electron chi connectivity index (χ1n) is 7.54. The molecule has 20 heavy (non-hydrogen) atoms. The van der Waals surface area contributed by atoms with Crippen LogP contribution in [0.1, 0.15) is 64.6 Å². The molecule has 0 aromatic carbocycles. The van der Waals surface area contributed by atoms with Crippen molar-refractivity contribution in [3.8, 4) is 0 Å². The molecule has 5 heteroatoms. The summed E-state index contributed by atoms with van der Waals surface area (Å²) in [6, 6.07) is 0.452. The first kappa shape index (κ1) is 17.1. The summed E-state index contributed by atoms with van der Waals surface area (Å²) in [5, 5.41) is 9.72. The van der Waals surface area contributed by atoms with Gasteiger partial charge >= 0.3 is 5.97 Å². The molecule has 0 amide bonds. The first-order chi connectivity index (χ1) is 9.63. The SMILES string of the molecule is CCCCC(CCC)n1c(CC)cnc1SCC(=O)O. The van der Waals surface area contributed by atoms with Crippen LogP contribution in [0.2, 0.25) is 0 Å². The number of aryl methyl sites for hydroxylation is 1. The number of nitrogens with zero attached hydrogens (tertiary/aromatic N) is 2. The van der Waals surface area contributed by atoms with Crippen molar-refractivity contribution < 1.29 is 9.90 Å². The van der Waals surface area contributed by atoms with Crippen LogP contribution in [0, 0.1) is 0 Å². The van der Waals surface area contributed by atoms with E-state index in [2.05, 4.69) is 30.3 Å². The molecular weight excluding hydrogens is 272 g/mol. The van der Waals surface area contributed by atoms with Gasteiger partial charge in [0.25, 0.3) is 0 Å². The van der Waals surface area contributed by atoms with Crippen LogP contribution in [0.3, 0.4) is 0 Å². The lowest BCUT2D eigenvalue weighted by Crippen LogP contribution is -2.14. The van der Waals surface area contributed by atoms with Gasteiger partial charge in [0.15, 0.2) is 5.16 Å². The monoisotopic (exact) mass is 298 g/mol. The fourth-order valence-electron chi connectivity index (χ4n) is 2.44. The Bertz CT molecular complexity index is 418. The minimum atomic E-state index is -0.789. The number of hydrogen-bond acceptors (Lipinski definition) is 3. The average Bonchev–Trinajstić information content (AvgIpc) is 2.84. The molecule has 1 rings (SSSR count). The van der Waals surface area contributed by atoms with Crippen molar-refractivity contribution in [2.24, 2.45) is 0 Å². The lowest BCUT2D eigenvalue weighted by Gasteiger charge is -2.22. The van der Waals surface area contributed by atoms with Gasteiger partial charge in [-0.15, -0.1) is 0 Å². The highest BCUT2D eigenvalue weighted by Crippen LogP contribution is 2.29. The highest BCUT2D eigenvalue weighted by molar-refractivity contribution is 7.99. The minimum Gasteiger partial charge on any atom is -0.481 e. The van der Waals surface area contributed by atoms with Gasteiger partial charge < -0.3 is 9.67 Å². The third-order valence-corrected chi connectivity index (χ3v) is 4.36. The van der Waals surface area contributed by atoms with Gasteiger partial charge in [0.05, 0.1) is 5.75 Å². The van der Waals surface area contributed by atoms with E-state index in [0.717, 1.165) is 30.8 Å². The molecule has 0 spiro atoms. The van der Waals surface area contributed by atoms with E-state index in [1.54, 1.807) is 0 Å². The Balaban J connectivity index is 2.95. The van der Waals surface area contributed by atoms with Crippen molar-refractivity contribution in [2.75, 3.05) is 5.75 Å². The van der Waals surface area contributed by atoms with Crippen LogP contribution in [0.15, 0.2) is 11.4 Å². The summed E-state index contributed by atoms with van der Waals surface area (Å²) in [6.07, 6.45) is 8.64. The molecule has 0 aliphatic heterocycles. The van der Waals surface area contributed by atoms with Gasteiger partial charge in [-0.25, -0.2) is 4.98 Å². The second kappa shape index (κ2) is 9.06. The molecule has 0 bridgehead atoms. The molecule has 1 unspecified atom stereocenters. The maximum atomic E-state index is 10.8. The summed E-state index contributed by atoms with van der Waals surface area (Å²) in [7, 11) is 0. The second-order valence-electron chi connectivity index (χ2n) is 5.02. The number of unbranched alkanes of at least 4 members (excludes halogenated alkanes) is 1. The largest absolute Gasteiger partial charge is 0.481 e. The topological polar surface area (TPSA) is 55.1 Å². The molecular formula is C15H26N2O2S. The molecule has 1 heterocycles.